The standard InChI is InChI=1S/C15H16N2O/c1-18-14-5-6-15-12(10-14)7-9-17(15)11-13-4-2-3-8-16-13/h2-6,8,10H,7,9,11H2,1H3. The highest BCUT2D eigenvalue weighted by Crippen LogP contribution is 2.31. The predicted octanol–water partition coefficient (Wildman–Crippen LogP) is 2.65. The summed E-state index contributed by atoms with van der Waals surface area (Å²) in [6.07, 6.45) is 2.93. The van der Waals surface area contributed by atoms with Crippen molar-refractivity contribution in [2.75, 3.05) is 18.6 Å². The molecule has 2 aromatic rings. The van der Waals surface area contributed by atoms with Gasteiger partial charge in [0.2, 0.25) is 0 Å². The second kappa shape index (κ2) is 4.69. The highest BCUT2D eigenvalue weighted by molar-refractivity contribution is 5.60. The zero-order valence-electron chi connectivity index (χ0n) is 10.5. The molecule has 1 aliphatic heterocycles. The molecule has 0 fully saturated rings. The molecular formula is C15H16N2O. The molecule has 0 saturated heterocycles. The molecule has 2 heterocycles. The SMILES string of the molecule is COc1ccc2c(c1)CCN2Cc1ccccn1. The maximum absolute atomic E-state index is 5.26. The van der Waals surface area contributed by atoms with Gasteiger partial charge in [0, 0.05) is 18.4 Å². The third-order valence-corrected chi connectivity index (χ3v) is 3.36. The Labute approximate surface area is 107 Å². The minimum Gasteiger partial charge on any atom is -0.497 e. The number of benzene rings is 1. The molecule has 92 valence electrons. The Kier molecular flexibility index (Phi) is 2.89. The van der Waals surface area contributed by atoms with E-state index in [4.69, 9.17) is 4.74 Å². The topological polar surface area (TPSA) is 25.4 Å². The van der Waals surface area contributed by atoms with Crippen LogP contribution in [0, 0.1) is 0 Å². The summed E-state index contributed by atoms with van der Waals surface area (Å²) in [5.74, 6) is 0.938. The van der Waals surface area contributed by atoms with Crippen molar-refractivity contribution in [1.29, 1.82) is 0 Å². The van der Waals surface area contributed by atoms with E-state index in [9.17, 15) is 0 Å². The van der Waals surface area contributed by atoms with Gasteiger partial charge < -0.3 is 9.64 Å². The van der Waals surface area contributed by atoms with Crippen molar-refractivity contribution < 1.29 is 4.74 Å². The lowest BCUT2D eigenvalue weighted by atomic mass is 10.1. The molecule has 1 aromatic heterocycles. The number of anilines is 1. The fourth-order valence-electron chi connectivity index (χ4n) is 2.42. The van der Waals surface area contributed by atoms with Gasteiger partial charge in [-0.05, 0) is 42.3 Å². The minimum atomic E-state index is 0.875. The molecule has 0 N–H and O–H groups in total. The summed E-state index contributed by atoms with van der Waals surface area (Å²) in [5, 5.41) is 0. The van der Waals surface area contributed by atoms with Crippen LogP contribution in [0.3, 0.4) is 0 Å². The monoisotopic (exact) mass is 240 g/mol. The minimum absolute atomic E-state index is 0.875. The van der Waals surface area contributed by atoms with Crippen LogP contribution in [0.2, 0.25) is 0 Å². The van der Waals surface area contributed by atoms with Crippen LogP contribution in [0.5, 0.6) is 5.75 Å². The van der Waals surface area contributed by atoms with Gasteiger partial charge in [-0.2, -0.15) is 0 Å². The molecular weight excluding hydrogens is 224 g/mol. The Morgan fingerprint density at radius 1 is 1.28 bits per heavy atom. The van der Waals surface area contributed by atoms with Gasteiger partial charge in [-0.1, -0.05) is 6.07 Å². The van der Waals surface area contributed by atoms with Crippen molar-refractivity contribution in [2.24, 2.45) is 0 Å². The maximum atomic E-state index is 5.26. The van der Waals surface area contributed by atoms with Crippen molar-refractivity contribution >= 4 is 5.69 Å². The first kappa shape index (κ1) is 11.1. The van der Waals surface area contributed by atoms with Gasteiger partial charge in [0.15, 0.2) is 0 Å². The van der Waals surface area contributed by atoms with E-state index < -0.39 is 0 Å². The number of methoxy groups -OCH3 is 1. The highest BCUT2D eigenvalue weighted by Gasteiger charge is 2.19. The maximum Gasteiger partial charge on any atom is 0.119 e. The molecule has 1 aliphatic rings. The summed E-state index contributed by atoms with van der Waals surface area (Å²) >= 11 is 0. The smallest absolute Gasteiger partial charge is 0.119 e. The molecule has 3 nitrogen and oxygen atoms in total. The molecule has 18 heavy (non-hydrogen) atoms. The van der Waals surface area contributed by atoms with Crippen LogP contribution in [-0.2, 0) is 13.0 Å². The summed E-state index contributed by atoms with van der Waals surface area (Å²) in [7, 11) is 1.71. The summed E-state index contributed by atoms with van der Waals surface area (Å²) in [6, 6.07) is 12.4. The molecule has 0 amide bonds. The number of fused-ring (bicyclic) bond motifs is 1. The number of aromatic nitrogens is 1. The summed E-state index contributed by atoms with van der Waals surface area (Å²) in [6.45, 7) is 1.93. The largest absolute Gasteiger partial charge is 0.497 e. The van der Waals surface area contributed by atoms with Gasteiger partial charge in [-0.15, -0.1) is 0 Å². The van der Waals surface area contributed by atoms with E-state index >= 15 is 0 Å². The lowest BCUT2D eigenvalue weighted by molar-refractivity contribution is 0.414. The lowest BCUT2D eigenvalue weighted by Gasteiger charge is -2.18. The molecule has 3 heteroatoms. The first-order chi connectivity index (χ1) is 8.86. The van der Waals surface area contributed by atoms with Crippen LogP contribution in [-0.4, -0.2) is 18.6 Å². The van der Waals surface area contributed by atoms with Crippen LogP contribution >= 0.6 is 0 Å². The molecule has 0 bridgehead atoms. The second-order valence-corrected chi connectivity index (χ2v) is 4.49. The van der Waals surface area contributed by atoms with Crippen LogP contribution in [0.4, 0.5) is 5.69 Å². The zero-order valence-corrected chi connectivity index (χ0v) is 10.5. The van der Waals surface area contributed by atoms with E-state index in [2.05, 4.69) is 28.1 Å². The van der Waals surface area contributed by atoms with Crippen molar-refractivity contribution in [3.05, 3.63) is 53.9 Å². The van der Waals surface area contributed by atoms with E-state index in [1.807, 2.05) is 24.4 Å². The third-order valence-electron chi connectivity index (χ3n) is 3.36. The predicted molar refractivity (Wildman–Crippen MR) is 72.0 cm³/mol. The van der Waals surface area contributed by atoms with Gasteiger partial charge in [-0.25, -0.2) is 0 Å². The van der Waals surface area contributed by atoms with E-state index in [-0.39, 0.29) is 0 Å². The number of hydrogen-bond donors (Lipinski definition) is 0. The highest BCUT2D eigenvalue weighted by atomic mass is 16.5. The van der Waals surface area contributed by atoms with E-state index in [1.54, 1.807) is 7.11 Å². The van der Waals surface area contributed by atoms with Crippen molar-refractivity contribution in [2.45, 2.75) is 13.0 Å². The van der Waals surface area contributed by atoms with Crippen LogP contribution in [0.25, 0.3) is 0 Å². The van der Waals surface area contributed by atoms with Gasteiger partial charge >= 0.3 is 0 Å². The van der Waals surface area contributed by atoms with Crippen LogP contribution in [0.15, 0.2) is 42.6 Å². The average molecular weight is 240 g/mol. The first-order valence-corrected chi connectivity index (χ1v) is 6.18. The molecule has 0 atom stereocenters. The van der Waals surface area contributed by atoms with Crippen LogP contribution in [0.1, 0.15) is 11.3 Å². The fourth-order valence-corrected chi connectivity index (χ4v) is 2.42. The molecule has 0 spiro atoms. The number of hydrogen-bond acceptors (Lipinski definition) is 3. The van der Waals surface area contributed by atoms with E-state index in [0.717, 1.165) is 31.0 Å². The lowest BCUT2D eigenvalue weighted by Crippen LogP contribution is -2.20. The molecule has 1 aromatic carbocycles. The van der Waals surface area contributed by atoms with E-state index in [0.29, 0.717) is 0 Å². The Bertz CT molecular complexity index is 539. The molecule has 3 rings (SSSR count). The summed E-state index contributed by atoms with van der Waals surface area (Å²) < 4.78 is 5.26. The van der Waals surface area contributed by atoms with Gasteiger partial charge in [0.25, 0.3) is 0 Å². The Balaban J connectivity index is 1.82. The number of rotatable bonds is 3. The number of nitrogens with zero attached hydrogens (tertiary/aromatic N) is 2. The third kappa shape index (κ3) is 2.04. The van der Waals surface area contributed by atoms with Gasteiger partial charge in [0.05, 0.1) is 19.3 Å². The fraction of sp³-hybridized carbons (Fsp3) is 0.267. The van der Waals surface area contributed by atoms with Crippen molar-refractivity contribution in [1.82, 2.24) is 4.98 Å². The van der Waals surface area contributed by atoms with Gasteiger partial charge in [0.1, 0.15) is 5.75 Å². The van der Waals surface area contributed by atoms with Gasteiger partial charge in [-0.3, -0.25) is 4.98 Å². The Morgan fingerprint density at radius 3 is 3.00 bits per heavy atom. The number of ether oxygens (including phenoxy) is 1. The molecule has 0 saturated carbocycles. The molecule has 0 aliphatic carbocycles. The Morgan fingerprint density at radius 2 is 2.22 bits per heavy atom. The first-order valence-electron chi connectivity index (χ1n) is 6.18. The normalized spacial score (nSPS) is 13.5. The van der Waals surface area contributed by atoms with Crippen molar-refractivity contribution in [3.8, 4) is 5.75 Å². The quantitative estimate of drug-likeness (QED) is 0.824. The average Bonchev–Trinajstić information content (AvgIpc) is 2.82. The summed E-state index contributed by atoms with van der Waals surface area (Å²) in [4.78, 5) is 6.75. The second-order valence-electron chi connectivity index (χ2n) is 4.49. The molecule has 0 radical (unpaired) electrons. The number of pyridine rings is 1. The van der Waals surface area contributed by atoms with E-state index in [1.165, 1.54) is 11.3 Å². The van der Waals surface area contributed by atoms with Crippen LogP contribution < -0.4 is 9.64 Å². The Hall–Kier alpha value is -2.03. The van der Waals surface area contributed by atoms with Crippen molar-refractivity contribution in [3.63, 3.8) is 0 Å². The molecule has 0 unspecified atom stereocenters. The summed E-state index contributed by atoms with van der Waals surface area (Å²) in [5.41, 5.74) is 3.79. The zero-order chi connectivity index (χ0) is 12.4.